The fourth-order valence-corrected chi connectivity index (χ4v) is 3.07. The molecule has 4 heteroatoms. The van der Waals surface area contributed by atoms with E-state index >= 15 is 0 Å². The molecule has 0 bridgehead atoms. The van der Waals surface area contributed by atoms with Gasteiger partial charge in [0, 0.05) is 25.7 Å². The van der Waals surface area contributed by atoms with E-state index in [2.05, 4.69) is 53.1 Å². The first kappa shape index (κ1) is 15.3. The second kappa shape index (κ2) is 7.60. The van der Waals surface area contributed by atoms with E-state index < -0.39 is 0 Å². The van der Waals surface area contributed by atoms with Crippen LogP contribution in [0.1, 0.15) is 32.4 Å². The number of hydrogen-bond acceptors (Lipinski definition) is 4. The molecular formula is C16H28N4. The molecule has 20 heavy (non-hydrogen) atoms. The minimum absolute atomic E-state index is 0.724. The van der Waals surface area contributed by atoms with Crippen molar-refractivity contribution < 1.29 is 0 Å². The average molecular weight is 276 g/mol. The molecule has 1 aromatic heterocycles. The fourth-order valence-electron chi connectivity index (χ4n) is 3.07. The molecule has 1 atom stereocenters. The van der Waals surface area contributed by atoms with Crippen molar-refractivity contribution in [1.29, 1.82) is 0 Å². The molecular weight excluding hydrogens is 248 g/mol. The Morgan fingerprint density at radius 3 is 3.00 bits per heavy atom. The Hall–Kier alpha value is -1.13. The zero-order valence-corrected chi connectivity index (χ0v) is 13.1. The summed E-state index contributed by atoms with van der Waals surface area (Å²) in [6, 6.07) is 6.95. The lowest BCUT2D eigenvalue weighted by Gasteiger charge is -2.27. The summed E-state index contributed by atoms with van der Waals surface area (Å²) in [7, 11) is 2.20. The van der Waals surface area contributed by atoms with Crippen LogP contribution < -0.4 is 5.32 Å². The van der Waals surface area contributed by atoms with Gasteiger partial charge in [0.15, 0.2) is 0 Å². The van der Waals surface area contributed by atoms with Crippen LogP contribution >= 0.6 is 0 Å². The first-order valence-electron chi connectivity index (χ1n) is 7.85. The van der Waals surface area contributed by atoms with Crippen LogP contribution in [0.25, 0.3) is 0 Å². The highest BCUT2D eigenvalue weighted by Crippen LogP contribution is 2.18. The maximum absolute atomic E-state index is 4.65. The van der Waals surface area contributed by atoms with Crippen LogP contribution in [0, 0.1) is 0 Å². The standard InChI is InChI=1S/C16H28N4/c1-4-17-16-10-6-8-14(18-16)12-19(3)13-15-9-7-11-20(15)5-2/h6,8,10,15H,4-5,7,9,11-13H2,1-3H3,(H,17,18). The van der Waals surface area contributed by atoms with Gasteiger partial charge in [-0.3, -0.25) is 9.80 Å². The first-order chi connectivity index (χ1) is 9.72. The van der Waals surface area contributed by atoms with Crippen molar-refractivity contribution in [2.45, 2.75) is 39.3 Å². The molecule has 112 valence electrons. The van der Waals surface area contributed by atoms with Gasteiger partial charge >= 0.3 is 0 Å². The summed E-state index contributed by atoms with van der Waals surface area (Å²) in [6.07, 6.45) is 2.68. The van der Waals surface area contributed by atoms with Crippen molar-refractivity contribution >= 4 is 5.82 Å². The maximum Gasteiger partial charge on any atom is 0.126 e. The Bertz CT molecular complexity index is 407. The van der Waals surface area contributed by atoms with Crippen LogP contribution in [0.3, 0.4) is 0 Å². The summed E-state index contributed by atoms with van der Waals surface area (Å²) in [5, 5.41) is 3.27. The van der Waals surface area contributed by atoms with E-state index in [0.29, 0.717) is 0 Å². The van der Waals surface area contributed by atoms with Crippen LogP contribution in [0.15, 0.2) is 18.2 Å². The van der Waals surface area contributed by atoms with Crippen molar-refractivity contribution in [2.24, 2.45) is 0 Å². The fraction of sp³-hybridized carbons (Fsp3) is 0.688. The highest BCUT2D eigenvalue weighted by atomic mass is 15.2. The van der Waals surface area contributed by atoms with Gasteiger partial charge in [0.05, 0.1) is 5.69 Å². The van der Waals surface area contributed by atoms with Crippen molar-refractivity contribution in [2.75, 3.05) is 38.5 Å². The van der Waals surface area contributed by atoms with Crippen molar-refractivity contribution in [3.05, 3.63) is 23.9 Å². The predicted molar refractivity (Wildman–Crippen MR) is 85.0 cm³/mol. The Morgan fingerprint density at radius 2 is 2.25 bits per heavy atom. The number of pyridine rings is 1. The highest BCUT2D eigenvalue weighted by Gasteiger charge is 2.23. The Labute approximate surface area is 123 Å². The second-order valence-corrected chi connectivity index (χ2v) is 5.67. The highest BCUT2D eigenvalue weighted by molar-refractivity contribution is 5.34. The Balaban J connectivity index is 1.87. The number of nitrogens with zero attached hydrogens (tertiary/aromatic N) is 3. The van der Waals surface area contributed by atoms with Gasteiger partial charge in [0.2, 0.25) is 0 Å². The first-order valence-corrected chi connectivity index (χ1v) is 7.85. The number of nitrogens with one attached hydrogen (secondary N) is 1. The van der Waals surface area contributed by atoms with E-state index in [1.54, 1.807) is 0 Å². The topological polar surface area (TPSA) is 31.4 Å². The van der Waals surface area contributed by atoms with Gasteiger partial charge in [0.25, 0.3) is 0 Å². The third-order valence-electron chi connectivity index (χ3n) is 4.02. The van der Waals surface area contributed by atoms with E-state index in [1.165, 1.54) is 25.9 Å². The van der Waals surface area contributed by atoms with Gasteiger partial charge in [-0.25, -0.2) is 4.98 Å². The number of likely N-dealkylation sites (tertiary alicyclic amines) is 1. The van der Waals surface area contributed by atoms with E-state index in [-0.39, 0.29) is 0 Å². The van der Waals surface area contributed by atoms with Crippen LogP contribution in [-0.2, 0) is 6.54 Å². The molecule has 0 spiro atoms. The second-order valence-electron chi connectivity index (χ2n) is 5.67. The molecule has 1 aromatic rings. The van der Waals surface area contributed by atoms with Gasteiger partial charge in [-0.15, -0.1) is 0 Å². The predicted octanol–water partition coefficient (Wildman–Crippen LogP) is 2.43. The monoisotopic (exact) mass is 276 g/mol. The molecule has 4 nitrogen and oxygen atoms in total. The van der Waals surface area contributed by atoms with E-state index in [4.69, 9.17) is 0 Å². The normalized spacial score (nSPS) is 19.7. The van der Waals surface area contributed by atoms with Crippen molar-refractivity contribution in [3.63, 3.8) is 0 Å². The molecule has 1 unspecified atom stereocenters. The van der Waals surface area contributed by atoms with Crippen LogP contribution in [-0.4, -0.2) is 54.1 Å². The quantitative estimate of drug-likeness (QED) is 0.829. The molecule has 0 aromatic carbocycles. The number of hydrogen-bond donors (Lipinski definition) is 1. The molecule has 0 saturated carbocycles. The van der Waals surface area contributed by atoms with Crippen molar-refractivity contribution in [3.8, 4) is 0 Å². The Kier molecular flexibility index (Phi) is 5.80. The molecule has 1 aliphatic heterocycles. The van der Waals surface area contributed by atoms with Gasteiger partial charge in [-0.1, -0.05) is 13.0 Å². The minimum atomic E-state index is 0.724. The number of rotatable bonds is 7. The summed E-state index contributed by atoms with van der Waals surface area (Å²) < 4.78 is 0. The molecule has 0 aliphatic carbocycles. The molecule has 2 heterocycles. The SMILES string of the molecule is CCNc1cccc(CN(C)CC2CCCN2CC)n1. The summed E-state index contributed by atoms with van der Waals surface area (Å²) in [4.78, 5) is 9.65. The van der Waals surface area contributed by atoms with Gasteiger partial charge < -0.3 is 5.32 Å². The van der Waals surface area contributed by atoms with Crippen LogP contribution in [0.4, 0.5) is 5.82 Å². The molecule has 1 fully saturated rings. The third kappa shape index (κ3) is 4.18. The minimum Gasteiger partial charge on any atom is -0.370 e. The number of anilines is 1. The zero-order valence-electron chi connectivity index (χ0n) is 13.1. The van der Waals surface area contributed by atoms with Gasteiger partial charge in [0.1, 0.15) is 5.82 Å². The number of likely N-dealkylation sites (N-methyl/N-ethyl adjacent to an activating group) is 2. The van der Waals surface area contributed by atoms with Crippen LogP contribution in [0.5, 0.6) is 0 Å². The molecule has 0 amide bonds. The lowest BCUT2D eigenvalue weighted by atomic mass is 10.2. The summed E-state index contributed by atoms with van der Waals surface area (Å²) in [5.41, 5.74) is 1.15. The van der Waals surface area contributed by atoms with E-state index in [0.717, 1.165) is 37.2 Å². The average Bonchev–Trinajstić information content (AvgIpc) is 2.86. The zero-order chi connectivity index (χ0) is 14.4. The summed E-state index contributed by atoms with van der Waals surface area (Å²) in [5.74, 6) is 0.981. The van der Waals surface area contributed by atoms with Crippen molar-refractivity contribution in [1.82, 2.24) is 14.8 Å². The summed E-state index contributed by atoms with van der Waals surface area (Å²) in [6.45, 7) is 9.78. The Morgan fingerprint density at radius 1 is 1.40 bits per heavy atom. The molecule has 1 N–H and O–H groups in total. The smallest absolute Gasteiger partial charge is 0.126 e. The molecule has 0 radical (unpaired) electrons. The molecule has 2 rings (SSSR count). The largest absolute Gasteiger partial charge is 0.370 e. The van der Waals surface area contributed by atoms with Crippen LogP contribution in [0.2, 0.25) is 0 Å². The maximum atomic E-state index is 4.65. The number of aromatic nitrogens is 1. The van der Waals surface area contributed by atoms with E-state index in [1.807, 2.05) is 6.07 Å². The lowest BCUT2D eigenvalue weighted by Crippen LogP contribution is -2.38. The molecule has 1 saturated heterocycles. The lowest BCUT2D eigenvalue weighted by molar-refractivity contribution is 0.194. The summed E-state index contributed by atoms with van der Waals surface area (Å²) >= 11 is 0. The molecule has 1 aliphatic rings. The van der Waals surface area contributed by atoms with Gasteiger partial charge in [-0.05, 0) is 52.0 Å². The third-order valence-corrected chi connectivity index (χ3v) is 4.02. The van der Waals surface area contributed by atoms with E-state index in [9.17, 15) is 0 Å². The van der Waals surface area contributed by atoms with Gasteiger partial charge in [-0.2, -0.15) is 0 Å².